The predicted octanol–water partition coefficient (Wildman–Crippen LogP) is 4.02. The summed E-state index contributed by atoms with van der Waals surface area (Å²) in [6.45, 7) is 4.17. The van der Waals surface area contributed by atoms with Crippen LogP contribution in [0.2, 0.25) is 5.02 Å². The summed E-state index contributed by atoms with van der Waals surface area (Å²) in [7, 11) is 0. The predicted molar refractivity (Wildman–Crippen MR) is 64.2 cm³/mol. The molecule has 0 aliphatic carbocycles. The highest BCUT2D eigenvalue weighted by Crippen LogP contribution is 2.24. The second kappa shape index (κ2) is 4.03. The van der Waals surface area contributed by atoms with Gasteiger partial charge in [0.25, 0.3) is 0 Å². The molecule has 0 saturated heterocycles. The molecule has 76 valence electrons. The Morgan fingerprint density at radius 3 is 2.53 bits per heavy atom. The van der Waals surface area contributed by atoms with E-state index < -0.39 is 0 Å². The standard InChI is InChI=1S/C13H12ClN/c1-9-3-4-12(10(2)7-9)13-8-11(14)5-6-15-13/h3-8H,1-2H3. The molecule has 0 radical (unpaired) electrons. The van der Waals surface area contributed by atoms with Gasteiger partial charge in [0.2, 0.25) is 0 Å². The number of aryl methyl sites for hydroxylation is 2. The van der Waals surface area contributed by atoms with Crippen LogP contribution in [0.25, 0.3) is 11.3 Å². The molecule has 2 heteroatoms. The molecule has 15 heavy (non-hydrogen) atoms. The Morgan fingerprint density at radius 2 is 1.87 bits per heavy atom. The molecule has 2 rings (SSSR count). The van der Waals surface area contributed by atoms with E-state index in [9.17, 15) is 0 Å². The minimum absolute atomic E-state index is 0.722. The lowest BCUT2D eigenvalue weighted by Crippen LogP contribution is -1.87. The Kier molecular flexibility index (Phi) is 2.74. The van der Waals surface area contributed by atoms with Crippen molar-refractivity contribution in [2.45, 2.75) is 13.8 Å². The molecule has 0 bridgehead atoms. The maximum absolute atomic E-state index is 5.94. The van der Waals surface area contributed by atoms with Gasteiger partial charge in [-0.05, 0) is 31.5 Å². The highest BCUT2D eigenvalue weighted by atomic mass is 35.5. The average molecular weight is 218 g/mol. The van der Waals surface area contributed by atoms with Gasteiger partial charge in [0.1, 0.15) is 0 Å². The van der Waals surface area contributed by atoms with Crippen LogP contribution in [0.5, 0.6) is 0 Å². The molecule has 2 aromatic rings. The van der Waals surface area contributed by atoms with Crippen LogP contribution in [0, 0.1) is 13.8 Å². The number of nitrogens with zero attached hydrogens (tertiary/aromatic N) is 1. The van der Waals surface area contributed by atoms with Gasteiger partial charge in [-0.1, -0.05) is 35.4 Å². The summed E-state index contributed by atoms with van der Waals surface area (Å²) in [6.07, 6.45) is 1.73. The zero-order valence-corrected chi connectivity index (χ0v) is 9.55. The van der Waals surface area contributed by atoms with Gasteiger partial charge in [-0.3, -0.25) is 4.98 Å². The van der Waals surface area contributed by atoms with E-state index in [1.54, 1.807) is 12.3 Å². The van der Waals surface area contributed by atoms with Crippen molar-refractivity contribution >= 4 is 11.6 Å². The van der Waals surface area contributed by atoms with E-state index >= 15 is 0 Å². The van der Waals surface area contributed by atoms with Gasteiger partial charge in [-0.25, -0.2) is 0 Å². The first kappa shape index (κ1) is 10.2. The van der Waals surface area contributed by atoms with Gasteiger partial charge in [-0.2, -0.15) is 0 Å². The molecule has 0 saturated carbocycles. The fourth-order valence-electron chi connectivity index (χ4n) is 1.65. The zero-order chi connectivity index (χ0) is 10.8. The molecule has 0 aliphatic heterocycles. The van der Waals surface area contributed by atoms with Crippen LogP contribution < -0.4 is 0 Å². The first-order valence-electron chi connectivity index (χ1n) is 4.86. The summed E-state index contributed by atoms with van der Waals surface area (Å²) in [6, 6.07) is 10.00. The van der Waals surface area contributed by atoms with Crippen molar-refractivity contribution in [3.8, 4) is 11.3 Å². The third kappa shape index (κ3) is 2.18. The maximum Gasteiger partial charge on any atom is 0.0719 e. The Hall–Kier alpha value is -1.34. The molecular weight excluding hydrogens is 206 g/mol. The molecule has 1 aromatic heterocycles. The van der Waals surface area contributed by atoms with Gasteiger partial charge >= 0.3 is 0 Å². The topological polar surface area (TPSA) is 12.9 Å². The van der Waals surface area contributed by atoms with Gasteiger partial charge in [0.15, 0.2) is 0 Å². The van der Waals surface area contributed by atoms with Crippen molar-refractivity contribution in [3.63, 3.8) is 0 Å². The van der Waals surface area contributed by atoms with Crippen LogP contribution in [-0.2, 0) is 0 Å². The molecule has 0 aliphatic rings. The van der Waals surface area contributed by atoms with Gasteiger partial charge in [-0.15, -0.1) is 0 Å². The van der Waals surface area contributed by atoms with Crippen molar-refractivity contribution in [2.75, 3.05) is 0 Å². The third-order valence-electron chi connectivity index (χ3n) is 2.38. The number of pyridine rings is 1. The van der Waals surface area contributed by atoms with E-state index in [1.807, 2.05) is 6.07 Å². The summed E-state index contributed by atoms with van der Waals surface area (Å²) in [5, 5.41) is 0.722. The van der Waals surface area contributed by atoms with Crippen molar-refractivity contribution in [2.24, 2.45) is 0 Å². The van der Waals surface area contributed by atoms with E-state index in [-0.39, 0.29) is 0 Å². The van der Waals surface area contributed by atoms with Crippen molar-refractivity contribution in [1.82, 2.24) is 4.98 Å². The summed E-state index contributed by atoms with van der Waals surface area (Å²) >= 11 is 5.94. The summed E-state index contributed by atoms with van der Waals surface area (Å²) in [5.41, 5.74) is 4.56. The largest absolute Gasteiger partial charge is 0.256 e. The Morgan fingerprint density at radius 1 is 1.07 bits per heavy atom. The fourth-order valence-corrected chi connectivity index (χ4v) is 1.81. The van der Waals surface area contributed by atoms with Crippen LogP contribution >= 0.6 is 11.6 Å². The Bertz CT molecular complexity index is 492. The lowest BCUT2D eigenvalue weighted by atomic mass is 10.0. The molecule has 1 heterocycles. The van der Waals surface area contributed by atoms with Crippen molar-refractivity contribution in [1.29, 1.82) is 0 Å². The number of halogens is 1. The van der Waals surface area contributed by atoms with Crippen molar-refractivity contribution in [3.05, 3.63) is 52.7 Å². The third-order valence-corrected chi connectivity index (χ3v) is 2.61. The average Bonchev–Trinajstić information content (AvgIpc) is 2.17. The monoisotopic (exact) mass is 217 g/mol. The molecule has 0 N–H and O–H groups in total. The van der Waals surface area contributed by atoms with Crippen molar-refractivity contribution < 1.29 is 0 Å². The van der Waals surface area contributed by atoms with Crippen LogP contribution in [0.15, 0.2) is 36.5 Å². The summed E-state index contributed by atoms with van der Waals surface area (Å²) < 4.78 is 0. The number of aromatic nitrogens is 1. The summed E-state index contributed by atoms with van der Waals surface area (Å²) in [4.78, 5) is 4.32. The van der Waals surface area contributed by atoms with Gasteiger partial charge in [0.05, 0.1) is 5.69 Å². The van der Waals surface area contributed by atoms with Gasteiger partial charge < -0.3 is 0 Å². The highest BCUT2D eigenvalue weighted by molar-refractivity contribution is 6.30. The molecule has 0 amide bonds. The first-order valence-corrected chi connectivity index (χ1v) is 5.24. The number of rotatable bonds is 1. The van der Waals surface area contributed by atoms with E-state index in [0.717, 1.165) is 16.3 Å². The zero-order valence-electron chi connectivity index (χ0n) is 8.79. The minimum Gasteiger partial charge on any atom is -0.256 e. The van der Waals surface area contributed by atoms with Crippen LogP contribution in [0.4, 0.5) is 0 Å². The quantitative estimate of drug-likeness (QED) is 0.703. The lowest BCUT2D eigenvalue weighted by molar-refractivity contribution is 1.29. The number of hydrogen-bond acceptors (Lipinski definition) is 1. The normalized spacial score (nSPS) is 10.3. The van der Waals surface area contributed by atoms with E-state index in [0.29, 0.717) is 0 Å². The maximum atomic E-state index is 5.94. The second-order valence-corrected chi connectivity index (χ2v) is 4.11. The first-order chi connectivity index (χ1) is 7.16. The Labute approximate surface area is 94.7 Å². The van der Waals surface area contributed by atoms with Crippen LogP contribution in [-0.4, -0.2) is 4.98 Å². The molecule has 0 unspecified atom stereocenters. The number of hydrogen-bond donors (Lipinski definition) is 0. The van der Waals surface area contributed by atoms with E-state index in [2.05, 4.69) is 37.0 Å². The van der Waals surface area contributed by atoms with Gasteiger partial charge in [0, 0.05) is 16.8 Å². The molecule has 1 nitrogen and oxygen atoms in total. The fraction of sp³-hybridized carbons (Fsp3) is 0.154. The minimum atomic E-state index is 0.722. The molecule has 0 spiro atoms. The van der Waals surface area contributed by atoms with E-state index in [4.69, 9.17) is 11.6 Å². The van der Waals surface area contributed by atoms with E-state index in [1.165, 1.54) is 11.1 Å². The molecule has 0 atom stereocenters. The van der Waals surface area contributed by atoms with Crippen LogP contribution in [0.1, 0.15) is 11.1 Å². The number of benzene rings is 1. The SMILES string of the molecule is Cc1ccc(-c2cc(Cl)ccn2)c(C)c1. The lowest BCUT2D eigenvalue weighted by Gasteiger charge is -2.06. The molecule has 1 aromatic carbocycles. The Balaban J connectivity index is 2.54. The van der Waals surface area contributed by atoms with Crippen LogP contribution in [0.3, 0.4) is 0 Å². The second-order valence-electron chi connectivity index (χ2n) is 3.68. The smallest absolute Gasteiger partial charge is 0.0719 e. The molecule has 0 fully saturated rings. The summed E-state index contributed by atoms with van der Waals surface area (Å²) in [5.74, 6) is 0. The highest BCUT2D eigenvalue weighted by Gasteiger charge is 2.03. The molecular formula is C13H12ClN.